The average molecular weight is 200 g/mol. The molecule has 3 aromatic heterocycles. The molecule has 0 spiro atoms. The van der Waals surface area contributed by atoms with Crippen LogP contribution in [-0.4, -0.2) is 29.3 Å². The van der Waals surface area contributed by atoms with Crippen molar-refractivity contribution in [2.75, 3.05) is 0 Å². The summed E-state index contributed by atoms with van der Waals surface area (Å²) in [4.78, 5) is 12.3. The van der Waals surface area contributed by atoms with Crippen molar-refractivity contribution >= 4 is 11.0 Å². The molecule has 0 radical (unpaired) electrons. The fraction of sp³-hybridized carbons (Fsp3) is 0.111. The monoisotopic (exact) mass is 200 g/mol. The van der Waals surface area contributed by atoms with Crippen LogP contribution < -0.4 is 0 Å². The zero-order valence-corrected chi connectivity index (χ0v) is 8.07. The number of hydrogen-bond acceptors (Lipinski definition) is 4. The Hall–Kier alpha value is -2.24. The third-order valence-corrected chi connectivity index (χ3v) is 2.22. The van der Waals surface area contributed by atoms with E-state index in [1.54, 1.807) is 23.3 Å². The molecule has 74 valence electrons. The highest BCUT2D eigenvalue weighted by Gasteiger charge is 2.08. The number of imidazole rings is 1. The van der Waals surface area contributed by atoms with Crippen molar-refractivity contribution in [3.63, 3.8) is 0 Å². The van der Waals surface area contributed by atoms with E-state index < -0.39 is 0 Å². The SMILES string of the molecule is Cn1ccnc1-n1ncc2cncnc21. The van der Waals surface area contributed by atoms with Crippen LogP contribution >= 0.6 is 0 Å². The Morgan fingerprint density at radius 1 is 1.20 bits per heavy atom. The highest BCUT2D eigenvalue weighted by atomic mass is 15.4. The van der Waals surface area contributed by atoms with Gasteiger partial charge in [-0.3, -0.25) is 0 Å². The minimum atomic E-state index is 0.740. The first-order valence-electron chi connectivity index (χ1n) is 4.48. The van der Waals surface area contributed by atoms with E-state index >= 15 is 0 Å². The summed E-state index contributed by atoms with van der Waals surface area (Å²) in [5.74, 6) is 0.740. The normalized spacial score (nSPS) is 11.0. The molecule has 0 bridgehead atoms. The van der Waals surface area contributed by atoms with E-state index in [-0.39, 0.29) is 0 Å². The quantitative estimate of drug-likeness (QED) is 0.575. The molecule has 0 N–H and O–H groups in total. The van der Waals surface area contributed by atoms with Crippen LogP contribution in [-0.2, 0) is 7.05 Å². The third-order valence-electron chi connectivity index (χ3n) is 2.22. The van der Waals surface area contributed by atoms with E-state index in [9.17, 15) is 0 Å². The maximum atomic E-state index is 4.23. The van der Waals surface area contributed by atoms with E-state index in [2.05, 4.69) is 20.1 Å². The minimum absolute atomic E-state index is 0.740. The lowest BCUT2D eigenvalue weighted by Gasteiger charge is -2.01. The number of rotatable bonds is 1. The lowest BCUT2D eigenvalue weighted by Crippen LogP contribution is -2.04. The van der Waals surface area contributed by atoms with E-state index in [0.29, 0.717) is 0 Å². The van der Waals surface area contributed by atoms with Crippen LogP contribution in [0.25, 0.3) is 17.0 Å². The Bertz CT molecular complexity index is 608. The molecular formula is C9H8N6. The van der Waals surface area contributed by atoms with Gasteiger partial charge in [0.25, 0.3) is 0 Å². The molecular weight excluding hydrogens is 192 g/mol. The van der Waals surface area contributed by atoms with Crippen LogP contribution in [0.3, 0.4) is 0 Å². The van der Waals surface area contributed by atoms with Gasteiger partial charge in [-0.2, -0.15) is 9.78 Å². The average Bonchev–Trinajstić information content (AvgIpc) is 2.83. The molecule has 0 saturated heterocycles. The second kappa shape index (κ2) is 2.88. The zero-order chi connectivity index (χ0) is 10.3. The molecule has 0 fully saturated rings. The molecule has 6 heteroatoms. The lowest BCUT2D eigenvalue weighted by atomic mass is 10.4. The van der Waals surface area contributed by atoms with Gasteiger partial charge in [-0.05, 0) is 0 Å². The van der Waals surface area contributed by atoms with Crippen molar-refractivity contribution in [3.05, 3.63) is 31.1 Å². The van der Waals surface area contributed by atoms with Crippen molar-refractivity contribution < 1.29 is 0 Å². The van der Waals surface area contributed by atoms with Gasteiger partial charge in [-0.25, -0.2) is 15.0 Å². The Morgan fingerprint density at radius 2 is 2.13 bits per heavy atom. The fourth-order valence-corrected chi connectivity index (χ4v) is 1.48. The van der Waals surface area contributed by atoms with Crippen molar-refractivity contribution in [2.45, 2.75) is 0 Å². The van der Waals surface area contributed by atoms with Crippen LogP contribution in [0.1, 0.15) is 0 Å². The van der Waals surface area contributed by atoms with Gasteiger partial charge < -0.3 is 4.57 Å². The fourth-order valence-electron chi connectivity index (χ4n) is 1.48. The van der Waals surface area contributed by atoms with E-state index in [1.807, 2.05) is 17.8 Å². The predicted octanol–water partition coefficient (Wildman–Crippen LogP) is 0.549. The molecule has 0 aliphatic rings. The smallest absolute Gasteiger partial charge is 0.232 e. The van der Waals surface area contributed by atoms with E-state index in [1.165, 1.54) is 6.33 Å². The minimum Gasteiger partial charge on any atom is -0.319 e. The van der Waals surface area contributed by atoms with Crippen LogP contribution in [0.5, 0.6) is 0 Å². The Balaban J connectivity index is 2.32. The molecule has 0 aromatic carbocycles. The molecule has 0 saturated carbocycles. The van der Waals surface area contributed by atoms with Crippen molar-refractivity contribution in [1.82, 2.24) is 29.3 Å². The molecule has 0 unspecified atom stereocenters. The summed E-state index contributed by atoms with van der Waals surface area (Å²) in [6, 6.07) is 0. The summed E-state index contributed by atoms with van der Waals surface area (Å²) in [6.07, 6.45) is 8.55. The van der Waals surface area contributed by atoms with Gasteiger partial charge in [-0.15, -0.1) is 0 Å². The van der Waals surface area contributed by atoms with Crippen LogP contribution in [0, 0.1) is 0 Å². The maximum absolute atomic E-state index is 4.23. The maximum Gasteiger partial charge on any atom is 0.232 e. The predicted molar refractivity (Wildman–Crippen MR) is 53.4 cm³/mol. The molecule has 0 aliphatic heterocycles. The second-order valence-electron chi connectivity index (χ2n) is 3.20. The van der Waals surface area contributed by atoms with Crippen molar-refractivity contribution in [2.24, 2.45) is 7.05 Å². The van der Waals surface area contributed by atoms with Crippen LogP contribution in [0.15, 0.2) is 31.1 Å². The molecule has 15 heavy (non-hydrogen) atoms. The van der Waals surface area contributed by atoms with Crippen LogP contribution in [0.2, 0.25) is 0 Å². The van der Waals surface area contributed by atoms with E-state index in [0.717, 1.165) is 17.0 Å². The Kier molecular flexibility index (Phi) is 1.55. The molecule has 3 aromatic rings. The number of aromatic nitrogens is 6. The van der Waals surface area contributed by atoms with Crippen molar-refractivity contribution in [1.29, 1.82) is 0 Å². The first-order valence-corrected chi connectivity index (χ1v) is 4.48. The van der Waals surface area contributed by atoms with Gasteiger partial charge >= 0.3 is 0 Å². The standard InChI is InChI=1S/C9H8N6/c1-14-3-2-11-9(14)15-8-7(5-13-15)4-10-6-12-8/h2-6H,1H3. The molecule has 3 heterocycles. The van der Waals surface area contributed by atoms with Gasteiger partial charge in [0.05, 0.1) is 11.6 Å². The van der Waals surface area contributed by atoms with Gasteiger partial charge in [-0.1, -0.05) is 0 Å². The lowest BCUT2D eigenvalue weighted by molar-refractivity contribution is 0.761. The van der Waals surface area contributed by atoms with Gasteiger partial charge in [0.1, 0.15) is 6.33 Å². The number of nitrogens with zero attached hydrogens (tertiary/aromatic N) is 6. The first-order chi connectivity index (χ1) is 7.36. The molecule has 0 amide bonds. The highest BCUT2D eigenvalue weighted by Crippen LogP contribution is 2.12. The summed E-state index contributed by atoms with van der Waals surface area (Å²) in [6.45, 7) is 0. The van der Waals surface area contributed by atoms with Crippen LogP contribution in [0.4, 0.5) is 0 Å². The van der Waals surface area contributed by atoms with Gasteiger partial charge in [0, 0.05) is 25.6 Å². The first kappa shape index (κ1) is 8.10. The zero-order valence-electron chi connectivity index (χ0n) is 8.07. The molecule has 6 nitrogen and oxygen atoms in total. The summed E-state index contributed by atoms with van der Waals surface area (Å²) in [7, 11) is 1.91. The third kappa shape index (κ3) is 1.11. The van der Waals surface area contributed by atoms with E-state index in [4.69, 9.17) is 0 Å². The summed E-state index contributed by atoms with van der Waals surface area (Å²) >= 11 is 0. The Labute approximate surface area is 85.2 Å². The molecule has 0 aliphatic carbocycles. The number of fused-ring (bicyclic) bond motifs is 1. The molecule has 0 atom stereocenters. The summed E-state index contributed by atoms with van der Waals surface area (Å²) in [5, 5.41) is 5.13. The topological polar surface area (TPSA) is 61.4 Å². The summed E-state index contributed by atoms with van der Waals surface area (Å²) in [5.41, 5.74) is 0.763. The van der Waals surface area contributed by atoms with Gasteiger partial charge in [0.2, 0.25) is 5.95 Å². The number of aryl methyl sites for hydroxylation is 1. The second-order valence-corrected chi connectivity index (χ2v) is 3.20. The molecule has 3 rings (SSSR count). The van der Waals surface area contributed by atoms with Crippen molar-refractivity contribution in [3.8, 4) is 5.95 Å². The largest absolute Gasteiger partial charge is 0.319 e. The Morgan fingerprint density at radius 3 is 2.93 bits per heavy atom. The van der Waals surface area contributed by atoms with Gasteiger partial charge in [0.15, 0.2) is 5.65 Å². The number of hydrogen-bond donors (Lipinski definition) is 0. The summed E-state index contributed by atoms with van der Waals surface area (Å²) < 4.78 is 3.57. The highest BCUT2D eigenvalue weighted by molar-refractivity contribution is 5.74.